The largest absolute Gasteiger partial charge is 0.331 e. The van der Waals surface area contributed by atoms with Crippen molar-refractivity contribution in [3.8, 4) is 0 Å². The number of H-pyrrole nitrogens is 1. The molecule has 1 aliphatic rings. The van der Waals surface area contributed by atoms with E-state index in [0.717, 1.165) is 24.8 Å². The van der Waals surface area contributed by atoms with Gasteiger partial charge in [-0.1, -0.05) is 6.92 Å². The SMILES string of the molecule is CCc1cn[nH]c1NC(=O)C1CCCN(C(=O)N(C)C)C1. The van der Waals surface area contributed by atoms with E-state index in [1.807, 2.05) is 6.92 Å². The molecule has 0 radical (unpaired) electrons. The number of piperidine rings is 1. The Morgan fingerprint density at radius 2 is 2.29 bits per heavy atom. The fraction of sp³-hybridized carbons (Fsp3) is 0.643. The molecule has 0 spiro atoms. The highest BCUT2D eigenvalue weighted by molar-refractivity contribution is 5.92. The third-order valence-electron chi connectivity index (χ3n) is 3.79. The van der Waals surface area contributed by atoms with Gasteiger partial charge in [-0.05, 0) is 19.3 Å². The average Bonchev–Trinajstić information content (AvgIpc) is 2.93. The Kier molecular flexibility index (Phi) is 4.82. The van der Waals surface area contributed by atoms with Crippen molar-refractivity contribution in [2.45, 2.75) is 26.2 Å². The third kappa shape index (κ3) is 3.53. The molecule has 0 saturated carbocycles. The highest BCUT2D eigenvalue weighted by atomic mass is 16.2. The number of hydrogen-bond donors (Lipinski definition) is 2. The molecular formula is C14H23N5O2. The molecule has 7 nitrogen and oxygen atoms in total. The third-order valence-corrected chi connectivity index (χ3v) is 3.79. The van der Waals surface area contributed by atoms with Gasteiger partial charge in [0.05, 0.1) is 12.1 Å². The number of amides is 3. The lowest BCUT2D eigenvalue weighted by Crippen LogP contribution is -2.47. The van der Waals surface area contributed by atoms with Crippen molar-refractivity contribution >= 4 is 17.8 Å². The van der Waals surface area contributed by atoms with Crippen LogP contribution in [0.2, 0.25) is 0 Å². The number of likely N-dealkylation sites (tertiary alicyclic amines) is 1. The van der Waals surface area contributed by atoms with Gasteiger partial charge in [0.1, 0.15) is 5.82 Å². The van der Waals surface area contributed by atoms with Gasteiger partial charge in [-0.25, -0.2) is 4.79 Å². The minimum atomic E-state index is -0.171. The van der Waals surface area contributed by atoms with Crippen molar-refractivity contribution in [2.24, 2.45) is 5.92 Å². The van der Waals surface area contributed by atoms with E-state index in [4.69, 9.17) is 0 Å². The highest BCUT2D eigenvalue weighted by Gasteiger charge is 2.29. The van der Waals surface area contributed by atoms with Gasteiger partial charge in [0.2, 0.25) is 5.91 Å². The molecule has 3 amide bonds. The fourth-order valence-electron chi connectivity index (χ4n) is 2.56. The number of aryl methyl sites for hydroxylation is 1. The summed E-state index contributed by atoms with van der Waals surface area (Å²) in [6.07, 6.45) is 4.18. The Bertz CT molecular complexity index is 511. The fourth-order valence-corrected chi connectivity index (χ4v) is 2.56. The van der Waals surface area contributed by atoms with E-state index in [9.17, 15) is 9.59 Å². The zero-order chi connectivity index (χ0) is 15.4. The minimum absolute atomic E-state index is 0.0386. The van der Waals surface area contributed by atoms with Gasteiger partial charge in [0.15, 0.2) is 0 Å². The summed E-state index contributed by atoms with van der Waals surface area (Å²) in [6, 6.07) is -0.0386. The smallest absolute Gasteiger partial charge is 0.319 e. The van der Waals surface area contributed by atoms with E-state index in [2.05, 4.69) is 15.5 Å². The molecule has 0 aromatic carbocycles. The monoisotopic (exact) mass is 293 g/mol. The second kappa shape index (κ2) is 6.60. The zero-order valence-electron chi connectivity index (χ0n) is 12.8. The first kappa shape index (κ1) is 15.3. The molecule has 1 aliphatic heterocycles. The van der Waals surface area contributed by atoms with E-state index in [1.165, 1.54) is 0 Å². The van der Waals surface area contributed by atoms with Crippen LogP contribution in [0.15, 0.2) is 6.20 Å². The second-order valence-corrected chi connectivity index (χ2v) is 5.58. The van der Waals surface area contributed by atoms with Crippen molar-refractivity contribution in [3.05, 3.63) is 11.8 Å². The van der Waals surface area contributed by atoms with Crippen molar-refractivity contribution < 1.29 is 9.59 Å². The van der Waals surface area contributed by atoms with Crippen LogP contribution in [0.25, 0.3) is 0 Å². The number of aromatic amines is 1. The average molecular weight is 293 g/mol. The zero-order valence-corrected chi connectivity index (χ0v) is 12.8. The molecule has 0 bridgehead atoms. The summed E-state index contributed by atoms with van der Waals surface area (Å²) in [5.74, 6) is 0.444. The summed E-state index contributed by atoms with van der Waals surface area (Å²) in [5, 5.41) is 9.65. The van der Waals surface area contributed by atoms with Crippen LogP contribution in [0, 0.1) is 5.92 Å². The summed E-state index contributed by atoms with van der Waals surface area (Å²) in [5.41, 5.74) is 0.986. The number of rotatable bonds is 3. The normalized spacial score (nSPS) is 18.4. The van der Waals surface area contributed by atoms with Crippen LogP contribution in [0.3, 0.4) is 0 Å². The Hall–Kier alpha value is -2.05. The molecule has 2 heterocycles. The number of carbonyl (C=O) groups is 2. The van der Waals surface area contributed by atoms with E-state index in [-0.39, 0.29) is 17.9 Å². The number of hydrogen-bond acceptors (Lipinski definition) is 3. The maximum absolute atomic E-state index is 12.4. The molecule has 21 heavy (non-hydrogen) atoms. The molecule has 1 aromatic heterocycles. The van der Waals surface area contributed by atoms with Gasteiger partial charge in [-0.3, -0.25) is 9.89 Å². The van der Waals surface area contributed by atoms with Gasteiger partial charge < -0.3 is 15.1 Å². The summed E-state index contributed by atoms with van der Waals surface area (Å²) >= 11 is 0. The van der Waals surface area contributed by atoms with E-state index in [1.54, 1.807) is 30.1 Å². The van der Waals surface area contributed by atoms with Gasteiger partial charge >= 0.3 is 6.03 Å². The number of aromatic nitrogens is 2. The molecular weight excluding hydrogens is 270 g/mol. The summed E-state index contributed by atoms with van der Waals surface area (Å²) in [4.78, 5) is 27.6. The van der Waals surface area contributed by atoms with Crippen molar-refractivity contribution in [1.82, 2.24) is 20.0 Å². The minimum Gasteiger partial charge on any atom is -0.331 e. The first-order valence-electron chi connectivity index (χ1n) is 7.32. The van der Waals surface area contributed by atoms with Gasteiger partial charge in [0.25, 0.3) is 0 Å². The lowest BCUT2D eigenvalue weighted by Gasteiger charge is -2.33. The van der Waals surface area contributed by atoms with Gasteiger partial charge in [-0.2, -0.15) is 5.10 Å². The molecule has 1 saturated heterocycles. The van der Waals surface area contributed by atoms with Crippen LogP contribution in [0.1, 0.15) is 25.3 Å². The van der Waals surface area contributed by atoms with Crippen LogP contribution in [0.5, 0.6) is 0 Å². The topological polar surface area (TPSA) is 81.3 Å². The Morgan fingerprint density at radius 1 is 1.52 bits per heavy atom. The molecule has 1 atom stereocenters. The molecule has 1 unspecified atom stereocenters. The van der Waals surface area contributed by atoms with Crippen LogP contribution in [-0.2, 0) is 11.2 Å². The van der Waals surface area contributed by atoms with E-state index in [0.29, 0.717) is 18.9 Å². The van der Waals surface area contributed by atoms with E-state index < -0.39 is 0 Å². The first-order valence-corrected chi connectivity index (χ1v) is 7.32. The predicted octanol–water partition coefficient (Wildman–Crippen LogP) is 1.30. The van der Waals surface area contributed by atoms with Crippen LogP contribution in [-0.4, -0.2) is 59.1 Å². The number of carbonyl (C=O) groups excluding carboxylic acids is 2. The lowest BCUT2D eigenvalue weighted by molar-refractivity contribution is -0.121. The second-order valence-electron chi connectivity index (χ2n) is 5.58. The summed E-state index contributed by atoms with van der Waals surface area (Å²) in [7, 11) is 3.45. The first-order chi connectivity index (χ1) is 10.0. The molecule has 2 N–H and O–H groups in total. The molecule has 116 valence electrons. The molecule has 2 rings (SSSR count). The molecule has 1 fully saturated rings. The Morgan fingerprint density at radius 3 is 2.95 bits per heavy atom. The van der Waals surface area contributed by atoms with Crippen molar-refractivity contribution in [3.63, 3.8) is 0 Å². The summed E-state index contributed by atoms with van der Waals surface area (Å²) in [6.45, 7) is 3.20. The van der Waals surface area contributed by atoms with Crippen LogP contribution in [0.4, 0.5) is 10.6 Å². The van der Waals surface area contributed by atoms with Crippen LogP contribution >= 0.6 is 0 Å². The standard InChI is InChI=1S/C14H23N5O2/c1-4-10-8-15-17-12(10)16-13(20)11-6-5-7-19(9-11)14(21)18(2)3/h8,11H,4-7,9H2,1-3H3,(H2,15,16,17,20). The number of anilines is 1. The van der Waals surface area contributed by atoms with Gasteiger partial charge in [-0.15, -0.1) is 0 Å². The maximum atomic E-state index is 12.4. The van der Waals surface area contributed by atoms with Crippen molar-refractivity contribution in [1.29, 1.82) is 0 Å². The quantitative estimate of drug-likeness (QED) is 0.881. The van der Waals surface area contributed by atoms with Crippen LogP contribution < -0.4 is 5.32 Å². The summed E-state index contributed by atoms with van der Waals surface area (Å²) < 4.78 is 0. The predicted molar refractivity (Wildman–Crippen MR) is 80.0 cm³/mol. The molecule has 7 heteroatoms. The number of nitrogens with one attached hydrogen (secondary N) is 2. The Balaban J connectivity index is 1.98. The highest BCUT2D eigenvalue weighted by Crippen LogP contribution is 2.20. The Labute approximate surface area is 124 Å². The van der Waals surface area contributed by atoms with Crippen molar-refractivity contribution in [2.75, 3.05) is 32.5 Å². The lowest BCUT2D eigenvalue weighted by atomic mass is 9.97. The number of nitrogens with zero attached hydrogens (tertiary/aromatic N) is 3. The maximum Gasteiger partial charge on any atom is 0.319 e. The molecule has 1 aromatic rings. The number of urea groups is 1. The molecule has 0 aliphatic carbocycles. The van der Waals surface area contributed by atoms with E-state index >= 15 is 0 Å². The van der Waals surface area contributed by atoms with Gasteiger partial charge in [0, 0.05) is 32.7 Å².